The summed E-state index contributed by atoms with van der Waals surface area (Å²) in [5.41, 5.74) is -0.000306. The van der Waals surface area contributed by atoms with E-state index >= 15 is 0 Å². The van der Waals surface area contributed by atoms with Crippen LogP contribution >= 0.6 is 0 Å². The average molecular weight is 362 g/mol. The molecule has 0 aromatic rings. The van der Waals surface area contributed by atoms with Gasteiger partial charge in [-0.25, -0.2) is 12.7 Å². The quantitative estimate of drug-likeness (QED) is 0.481. The Bertz CT molecular complexity index is 529. The lowest BCUT2D eigenvalue weighted by Gasteiger charge is -2.41. The third kappa shape index (κ3) is 5.30. The monoisotopic (exact) mass is 361 g/mol. The van der Waals surface area contributed by atoms with Gasteiger partial charge >= 0.3 is 0 Å². The molecule has 0 aromatic heterocycles. The molecule has 0 spiro atoms. The Morgan fingerprint density at radius 1 is 1.21 bits per heavy atom. The Balaban J connectivity index is 1.74. The Morgan fingerprint density at radius 3 is 2.50 bits per heavy atom. The first kappa shape index (κ1) is 19.4. The number of rotatable bonds is 6. The highest BCUT2D eigenvalue weighted by atomic mass is 32.2. The summed E-state index contributed by atoms with van der Waals surface area (Å²) in [7, 11) is -1.30. The lowest BCUT2D eigenvalue weighted by atomic mass is 10.0. The molecule has 8 nitrogen and oxygen atoms in total. The molecule has 2 aliphatic heterocycles. The number of ether oxygens (including phenoxy) is 1. The molecule has 0 radical (unpaired) electrons. The minimum Gasteiger partial charge on any atom is -0.379 e. The molecule has 0 atom stereocenters. The van der Waals surface area contributed by atoms with E-state index in [2.05, 4.69) is 34.4 Å². The highest BCUT2D eigenvalue weighted by Crippen LogP contribution is 2.15. The lowest BCUT2D eigenvalue weighted by molar-refractivity contribution is -0.00833. The van der Waals surface area contributed by atoms with E-state index in [-0.39, 0.29) is 11.3 Å². The van der Waals surface area contributed by atoms with Crippen molar-refractivity contribution in [1.82, 2.24) is 19.8 Å². The van der Waals surface area contributed by atoms with Gasteiger partial charge in [-0.15, -0.1) is 0 Å². The van der Waals surface area contributed by atoms with Crippen LogP contribution in [-0.4, -0.2) is 94.4 Å². The molecule has 2 saturated heterocycles. The molecule has 140 valence electrons. The van der Waals surface area contributed by atoms with Crippen molar-refractivity contribution in [2.75, 3.05) is 65.3 Å². The molecular weight excluding hydrogens is 330 g/mol. The Labute approximate surface area is 145 Å². The summed E-state index contributed by atoms with van der Waals surface area (Å²) in [6, 6.07) is 0. The highest BCUT2D eigenvalue weighted by molar-refractivity contribution is 7.89. The maximum Gasteiger partial charge on any atom is 0.214 e. The van der Waals surface area contributed by atoms with E-state index in [0.717, 1.165) is 39.3 Å². The van der Waals surface area contributed by atoms with Crippen LogP contribution in [-0.2, 0) is 14.8 Å². The van der Waals surface area contributed by atoms with Gasteiger partial charge in [-0.1, -0.05) is 0 Å². The van der Waals surface area contributed by atoms with Crippen LogP contribution in [0, 0.1) is 0 Å². The molecule has 0 aromatic carbocycles. The van der Waals surface area contributed by atoms with Gasteiger partial charge in [0.15, 0.2) is 5.96 Å². The van der Waals surface area contributed by atoms with Gasteiger partial charge in [0.05, 0.1) is 19.0 Å². The first-order valence-corrected chi connectivity index (χ1v) is 10.2. The Morgan fingerprint density at radius 2 is 1.92 bits per heavy atom. The maximum absolute atomic E-state index is 11.8. The van der Waals surface area contributed by atoms with Crippen molar-refractivity contribution in [1.29, 1.82) is 0 Å². The molecular formula is C15H31N5O3S. The van der Waals surface area contributed by atoms with E-state index < -0.39 is 10.0 Å². The van der Waals surface area contributed by atoms with Gasteiger partial charge in [0.1, 0.15) is 0 Å². The van der Waals surface area contributed by atoms with Gasteiger partial charge < -0.3 is 15.4 Å². The predicted molar refractivity (Wildman–Crippen MR) is 95.8 cm³/mol. The fourth-order valence-corrected chi connectivity index (χ4v) is 4.57. The zero-order valence-corrected chi connectivity index (χ0v) is 15.9. The second-order valence-corrected chi connectivity index (χ2v) is 8.92. The molecule has 0 unspecified atom stereocenters. The van der Waals surface area contributed by atoms with E-state index in [1.807, 2.05) is 0 Å². The molecule has 2 heterocycles. The van der Waals surface area contributed by atoms with Crippen molar-refractivity contribution < 1.29 is 13.2 Å². The molecule has 2 fully saturated rings. The van der Waals surface area contributed by atoms with Crippen LogP contribution < -0.4 is 10.6 Å². The van der Waals surface area contributed by atoms with Crippen molar-refractivity contribution in [2.45, 2.75) is 25.8 Å². The molecule has 0 bridgehead atoms. The van der Waals surface area contributed by atoms with Crippen LogP contribution in [0.25, 0.3) is 0 Å². The smallest absolute Gasteiger partial charge is 0.214 e. The standard InChI is InChI=1S/C15H31N5O3S/c1-15(2,19-8-10-23-11-9-19)13-18-14(16-3)17-5-7-20-6-4-12-24(20,21)22/h4-13H2,1-3H3,(H2,16,17,18). The first-order chi connectivity index (χ1) is 11.3. The molecule has 2 N–H and O–H groups in total. The van der Waals surface area contributed by atoms with E-state index in [4.69, 9.17) is 4.74 Å². The fourth-order valence-electron chi connectivity index (χ4n) is 3.04. The predicted octanol–water partition coefficient (Wildman–Crippen LogP) is -0.702. The molecule has 2 aliphatic rings. The first-order valence-electron chi connectivity index (χ1n) is 8.60. The normalized spacial score (nSPS) is 23.4. The number of nitrogens with zero attached hydrogens (tertiary/aromatic N) is 3. The number of guanidine groups is 1. The number of nitrogens with one attached hydrogen (secondary N) is 2. The van der Waals surface area contributed by atoms with Crippen molar-refractivity contribution in [3.8, 4) is 0 Å². The van der Waals surface area contributed by atoms with Crippen LogP contribution in [0.1, 0.15) is 20.3 Å². The molecule has 0 aliphatic carbocycles. The third-order valence-corrected chi connectivity index (χ3v) is 6.59. The fraction of sp³-hybridized carbons (Fsp3) is 0.933. The number of hydrogen-bond acceptors (Lipinski definition) is 5. The van der Waals surface area contributed by atoms with Gasteiger partial charge in [-0.05, 0) is 20.3 Å². The number of morpholine rings is 1. The van der Waals surface area contributed by atoms with Gasteiger partial charge in [0, 0.05) is 51.9 Å². The summed E-state index contributed by atoms with van der Waals surface area (Å²) in [5.74, 6) is 0.973. The van der Waals surface area contributed by atoms with E-state index in [1.54, 1.807) is 11.4 Å². The summed E-state index contributed by atoms with van der Waals surface area (Å²) in [5, 5.41) is 6.54. The van der Waals surface area contributed by atoms with E-state index in [1.165, 1.54) is 0 Å². The number of hydrogen-bond donors (Lipinski definition) is 2. The van der Waals surface area contributed by atoms with E-state index in [9.17, 15) is 8.42 Å². The minimum absolute atomic E-state index is 0.000306. The molecule has 9 heteroatoms. The summed E-state index contributed by atoms with van der Waals surface area (Å²) < 4.78 is 30.5. The molecule has 24 heavy (non-hydrogen) atoms. The molecule has 2 rings (SSSR count). The number of aliphatic imine (C=N–C) groups is 1. The second-order valence-electron chi connectivity index (χ2n) is 6.83. The van der Waals surface area contributed by atoms with Crippen LogP contribution in [0.4, 0.5) is 0 Å². The second kappa shape index (κ2) is 8.46. The molecule has 0 amide bonds. The SMILES string of the molecule is CN=C(NCCN1CCCS1(=O)=O)NCC(C)(C)N1CCOCC1. The highest BCUT2D eigenvalue weighted by Gasteiger charge is 2.29. The zero-order chi connectivity index (χ0) is 17.6. The van der Waals surface area contributed by atoms with Gasteiger partial charge in [-0.2, -0.15) is 0 Å². The van der Waals surface area contributed by atoms with Gasteiger partial charge in [0.2, 0.25) is 10.0 Å². The van der Waals surface area contributed by atoms with Crippen LogP contribution in [0.5, 0.6) is 0 Å². The van der Waals surface area contributed by atoms with Crippen LogP contribution in [0.15, 0.2) is 4.99 Å². The topological polar surface area (TPSA) is 86.3 Å². The summed E-state index contributed by atoms with van der Waals surface area (Å²) >= 11 is 0. The third-order valence-electron chi connectivity index (χ3n) is 4.64. The van der Waals surface area contributed by atoms with Gasteiger partial charge in [0.25, 0.3) is 0 Å². The van der Waals surface area contributed by atoms with Gasteiger partial charge in [-0.3, -0.25) is 9.89 Å². The Hall–Kier alpha value is -0.900. The van der Waals surface area contributed by atoms with Crippen molar-refractivity contribution in [3.05, 3.63) is 0 Å². The van der Waals surface area contributed by atoms with Crippen molar-refractivity contribution in [2.24, 2.45) is 4.99 Å². The largest absolute Gasteiger partial charge is 0.379 e. The van der Waals surface area contributed by atoms with E-state index in [0.29, 0.717) is 25.6 Å². The molecule has 0 saturated carbocycles. The summed E-state index contributed by atoms with van der Waals surface area (Å²) in [6.07, 6.45) is 0.725. The average Bonchev–Trinajstić information content (AvgIpc) is 2.90. The van der Waals surface area contributed by atoms with Crippen LogP contribution in [0.2, 0.25) is 0 Å². The Kier molecular flexibility index (Phi) is 6.85. The van der Waals surface area contributed by atoms with Crippen molar-refractivity contribution in [3.63, 3.8) is 0 Å². The summed E-state index contributed by atoms with van der Waals surface area (Å²) in [6.45, 7) is 10.3. The minimum atomic E-state index is -3.03. The van der Waals surface area contributed by atoms with Crippen LogP contribution in [0.3, 0.4) is 0 Å². The maximum atomic E-state index is 11.8. The summed E-state index contributed by atoms with van der Waals surface area (Å²) in [4.78, 5) is 6.63. The zero-order valence-electron chi connectivity index (χ0n) is 15.0. The number of sulfonamides is 1. The lowest BCUT2D eigenvalue weighted by Crippen LogP contribution is -2.56. The van der Waals surface area contributed by atoms with Crippen molar-refractivity contribution >= 4 is 16.0 Å².